The number of nitrogens with zero attached hydrogens (tertiary/aromatic N) is 1. The molecule has 0 radical (unpaired) electrons. The molecule has 0 aliphatic carbocycles. The van der Waals surface area contributed by atoms with Crippen molar-refractivity contribution in [2.24, 2.45) is 5.92 Å². The molecule has 0 atom stereocenters. The highest BCUT2D eigenvalue weighted by Crippen LogP contribution is 2.39. The van der Waals surface area contributed by atoms with Gasteiger partial charge in [-0.2, -0.15) is 8.78 Å². The largest absolute Gasteiger partial charge is 0.454 e. The molecular formula is C14H16F2N2O4. The number of carbonyl (C=O) groups is 1. The minimum Gasteiger partial charge on any atom is -0.454 e. The van der Waals surface area contributed by atoms with Gasteiger partial charge in [0, 0.05) is 38.3 Å². The molecule has 2 aliphatic rings. The predicted molar refractivity (Wildman–Crippen MR) is 72.0 cm³/mol. The van der Waals surface area contributed by atoms with Gasteiger partial charge >= 0.3 is 6.61 Å². The molecule has 0 spiro atoms. The Labute approximate surface area is 125 Å². The van der Waals surface area contributed by atoms with Crippen molar-refractivity contribution in [2.45, 2.75) is 13.2 Å². The lowest BCUT2D eigenvalue weighted by molar-refractivity contribution is -0.136. The molecule has 120 valence electrons. The van der Waals surface area contributed by atoms with Gasteiger partial charge in [-0.25, -0.2) is 0 Å². The van der Waals surface area contributed by atoms with Crippen molar-refractivity contribution in [3.05, 3.63) is 17.7 Å². The third kappa shape index (κ3) is 2.92. The highest BCUT2D eigenvalue weighted by atomic mass is 19.3. The molecule has 0 aromatic heterocycles. The summed E-state index contributed by atoms with van der Waals surface area (Å²) >= 11 is 0. The van der Waals surface area contributed by atoms with E-state index in [9.17, 15) is 13.6 Å². The molecule has 1 N–H and O–H groups in total. The zero-order valence-corrected chi connectivity index (χ0v) is 12.0. The van der Waals surface area contributed by atoms with Gasteiger partial charge in [0.1, 0.15) is 5.75 Å². The van der Waals surface area contributed by atoms with E-state index in [2.05, 4.69) is 10.1 Å². The van der Waals surface area contributed by atoms with Crippen LogP contribution in [0, 0.1) is 5.92 Å². The molecule has 22 heavy (non-hydrogen) atoms. The molecule has 0 unspecified atom stereocenters. The zero-order chi connectivity index (χ0) is 15.7. The van der Waals surface area contributed by atoms with E-state index in [1.165, 1.54) is 11.0 Å². The molecule has 8 heteroatoms. The van der Waals surface area contributed by atoms with Crippen molar-refractivity contribution in [1.29, 1.82) is 0 Å². The van der Waals surface area contributed by atoms with Crippen molar-refractivity contribution in [3.63, 3.8) is 0 Å². The molecule has 0 bridgehead atoms. The average molecular weight is 314 g/mol. The van der Waals surface area contributed by atoms with E-state index in [1.54, 1.807) is 13.1 Å². The van der Waals surface area contributed by atoms with Gasteiger partial charge in [0.2, 0.25) is 12.7 Å². The number of benzene rings is 1. The van der Waals surface area contributed by atoms with Crippen LogP contribution >= 0.6 is 0 Å². The quantitative estimate of drug-likeness (QED) is 0.885. The van der Waals surface area contributed by atoms with Crippen molar-refractivity contribution in [1.82, 2.24) is 10.2 Å². The highest BCUT2D eigenvalue weighted by molar-refractivity contribution is 5.80. The number of fused-ring (bicyclic) bond motifs is 1. The Morgan fingerprint density at radius 1 is 1.41 bits per heavy atom. The maximum Gasteiger partial charge on any atom is 0.387 e. The van der Waals surface area contributed by atoms with E-state index < -0.39 is 6.61 Å². The lowest BCUT2D eigenvalue weighted by Gasteiger charge is -2.30. The Morgan fingerprint density at radius 2 is 2.09 bits per heavy atom. The SMILES string of the molecule is CN(Cc1cc2c(cc1OC(F)F)OCO2)C(=O)C1CNC1. The number of ether oxygens (including phenoxy) is 3. The minimum absolute atomic E-state index is 0.00867. The first-order valence-corrected chi connectivity index (χ1v) is 6.87. The fourth-order valence-corrected chi connectivity index (χ4v) is 2.40. The van der Waals surface area contributed by atoms with Gasteiger partial charge in [0.05, 0.1) is 5.92 Å². The molecule has 3 rings (SSSR count). The van der Waals surface area contributed by atoms with Gasteiger partial charge in [0.15, 0.2) is 11.5 Å². The zero-order valence-electron chi connectivity index (χ0n) is 12.0. The minimum atomic E-state index is -2.95. The Hall–Kier alpha value is -2.09. The summed E-state index contributed by atoms with van der Waals surface area (Å²) in [5.74, 6) is 0.725. The fraction of sp³-hybridized carbons (Fsp3) is 0.500. The summed E-state index contributed by atoms with van der Waals surface area (Å²) in [5.41, 5.74) is 0.452. The van der Waals surface area contributed by atoms with Crippen LogP contribution < -0.4 is 19.5 Å². The van der Waals surface area contributed by atoms with Gasteiger partial charge in [-0.3, -0.25) is 4.79 Å². The second-order valence-electron chi connectivity index (χ2n) is 5.24. The lowest BCUT2D eigenvalue weighted by Crippen LogP contribution is -2.51. The molecule has 6 nitrogen and oxygen atoms in total. The number of rotatable bonds is 5. The number of hydrogen-bond acceptors (Lipinski definition) is 5. The molecule has 2 heterocycles. The number of hydrogen-bond donors (Lipinski definition) is 1. The Balaban J connectivity index is 1.80. The Kier molecular flexibility index (Phi) is 4.02. The summed E-state index contributed by atoms with van der Waals surface area (Å²) < 4.78 is 40.0. The summed E-state index contributed by atoms with van der Waals surface area (Å²) in [6, 6.07) is 2.94. The Bertz CT molecular complexity index is 578. The molecule has 2 aliphatic heterocycles. The van der Waals surface area contributed by atoms with Crippen LogP contribution in [0.1, 0.15) is 5.56 Å². The number of alkyl halides is 2. The molecule has 0 saturated carbocycles. The fourth-order valence-electron chi connectivity index (χ4n) is 2.40. The second-order valence-corrected chi connectivity index (χ2v) is 5.24. The van der Waals surface area contributed by atoms with Crippen LogP contribution in [0.15, 0.2) is 12.1 Å². The predicted octanol–water partition coefficient (Wildman–Crippen LogP) is 1.19. The maximum absolute atomic E-state index is 12.6. The first-order valence-electron chi connectivity index (χ1n) is 6.87. The molecule has 1 aromatic rings. The van der Waals surface area contributed by atoms with Crippen molar-refractivity contribution in [2.75, 3.05) is 26.9 Å². The van der Waals surface area contributed by atoms with Gasteiger partial charge in [0.25, 0.3) is 0 Å². The lowest BCUT2D eigenvalue weighted by atomic mass is 10.0. The summed E-state index contributed by atoms with van der Waals surface area (Å²) in [5, 5.41) is 3.02. The molecule has 1 aromatic carbocycles. The second kappa shape index (κ2) is 5.96. The maximum atomic E-state index is 12.6. The molecule has 1 fully saturated rings. The molecule has 1 amide bonds. The monoisotopic (exact) mass is 314 g/mol. The summed E-state index contributed by atoms with van der Waals surface area (Å²) in [6.45, 7) is -1.46. The van der Waals surface area contributed by atoms with Crippen molar-refractivity contribution in [3.8, 4) is 17.2 Å². The van der Waals surface area contributed by atoms with E-state index in [1.807, 2.05) is 0 Å². The number of halogens is 2. The standard InChI is InChI=1S/C14H16F2N2O4/c1-18(13(19)9-4-17-5-9)6-8-2-11-12(21-7-20-11)3-10(8)22-14(15)16/h2-3,9,14,17H,4-7H2,1H3. The van der Waals surface area contributed by atoms with Crippen molar-refractivity contribution >= 4 is 5.91 Å². The van der Waals surface area contributed by atoms with Gasteiger partial charge in [-0.15, -0.1) is 0 Å². The van der Waals surface area contributed by atoms with E-state index in [-0.39, 0.29) is 30.9 Å². The van der Waals surface area contributed by atoms with E-state index in [0.29, 0.717) is 30.2 Å². The van der Waals surface area contributed by atoms with Crippen LogP contribution in [0.3, 0.4) is 0 Å². The van der Waals surface area contributed by atoms with Gasteiger partial charge < -0.3 is 24.4 Å². The van der Waals surface area contributed by atoms with E-state index in [0.717, 1.165) is 0 Å². The normalized spacial score (nSPS) is 16.5. The topological polar surface area (TPSA) is 60.0 Å². The molecule has 1 saturated heterocycles. The number of amides is 1. The first-order chi connectivity index (χ1) is 10.5. The van der Waals surface area contributed by atoms with Gasteiger partial charge in [-0.1, -0.05) is 0 Å². The van der Waals surface area contributed by atoms with Crippen LogP contribution in [0.25, 0.3) is 0 Å². The van der Waals surface area contributed by atoms with Gasteiger partial charge in [-0.05, 0) is 6.07 Å². The summed E-state index contributed by atoms with van der Waals surface area (Å²) in [7, 11) is 1.64. The average Bonchev–Trinajstić information content (AvgIpc) is 2.83. The highest BCUT2D eigenvalue weighted by Gasteiger charge is 2.28. The smallest absolute Gasteiger partial charge is 0.387 e. The van der Waals surface area contributed by atoms with Crippen LogP contribution in [0.4, 0.5) is 8.78 Å². The van der Waals surface area contributed by atoms with Crippen molar-refractivity contribution < 1.29 is 27.8 Å². The van der Waals surface area contributed by atoms with Crippen LogP contribution in [0.5, 0.6) is 17.2 Å². The third-order valence-corrected chi connectivity index (χ3v) is 3.69. The Morgan fingerprint density at radius 3 is 2.68 bits per heavy atom. The molecular weight excluding hydrogens is 298 g/mol. The third-order valence-electron chi connectivity index (χ3n) is 3.69. The van der Waals surface area contributed by atoms with Crippen LogP contribution in [0.2, 0.25) is 0 Å². The van der Waals surface area contributed by atoms with E-state index in [4.69, 9.17) is 9.47 Å². The van der Waals surface area contributed by atoms with Crippen LogP contribution in [-0.2, 0) is 11.3 Å². The summed E-state index contributed by atoms with van der Waals surface area (Å²) in [4.78, 5) is 13.6. The first kappa shape index (κ1) is 14.8. The number of nitrogens with one attached hydrogen (secondary N) is 1. The van der Waals surface area contributed by atoms with E-state index >= 15 is 0 Å². The number of carbonyl (C=O) groups excluding carboxylic acids is 1. The van der Waals surface area contributed by atoms with Crippen LogP contribution in [-0.4, -0.2) is 44.3 Å². The summed E-state index contributed by atoms with van der Waals surface area (Å²) in [6.07, 6.45) is 0.